The van der Waals surface area contributed by atoms with Gasteiger partial charge in [-0.25, -0.2) is 0 Å². The molecule has 0 aliphatic carbocycles. The van der Waals surface area contributed by atoms with Gasteiger partial charge in [-0.15, -0.1) is 0 Å². The van der Waals surface area contributed by atoms with E-state index in [4.69, 9.17) is 0 Å². The number of halogens is 3. The van der Waals surface area contributed by atoms with E-state index in [-0.39, 0.29) is 61.2 Å². The Kier molecular flexibility index (Phi) is 12.5. The fourth-order valence-corrected chi connectivity index (χ4v) is 11.2. The van der Waals surface area contributed by atoms with E-state index in [9.17, 15) is 47.4 Å². The van der Waals surface area contributed by atoms with Crippen molar-refractivity contribution >= 4 is 43.6 Å². The van der Waals surface area contributed by atoms with Crippen LogP contribution >= 0.6 is 0 Å². The molecule has 84 heavy (non-hydrogen) atoms. The van der Waals surface area contributed by atoms with Gasteiger partial charge in [0.25, 0.3) is 0 Å². The Labute approximate surface area is 476 Å². The van der Waals surface area contributed by atoms with Crippen molar-refractivity contribution in [2.45, 2.75) is 6.18 Å². The molecular formula is C70H30F3N11. The lowest BCUT2D eigenvalue weighted by molar-refractivity contribution is -0.137. The standard InChI is InChI=1S/C70H30F3N11/c71-70(72,73)53-10-20-68(83-64-16-6-45(54-11-1-40(31-74)21-49(54)36-79)26-59(64)60-27-46(7-17-65(60)83)55-12-2-41(32-75)22-50(55)37-80)63(30-53)58-15-5-44(35-78)25-69(58)84-66-18-8-47(56-13-3-42(33-76)23-51(56)38-81)28-61(66)62-29-48(9-19-67(62)84)57-14-4-43(34-77)24-52(57)39-82/h1-30H. The maximum Gasteiger partial charge on any atom is 0.416 e. The second-order valence-corrected chi connectivity index (χ2v) is 19.6. The number of hydrogen-bond acceptors (Lipinski definition) is 9. The molecule has 12 rings (SSSR count). The first-order valence-corrected chi connectivity index (χ1v) is 25.6. The van der Waals surface area contributed by atoms with Gasteiger partial charge >= 0.3 is 6.18 Å². The van der Waals surface area contributed by atoms with Gasteiger partial charge in [0, 0.05) is 32.7 Å². The predicted octanol–water partition coefficient (Wildman–Crippen LogP) is 16.1. The van der Waals surface area contributed by atoms with Gasteiger partial charge in [-0.3, -0.25) is 0 Å². The molecule has 2 heterocycles. The lowest BCUT2D eigenvalue weighted by Gasteiger charge is -2.20. The zero-order valence-corrected chi connectivity index (χ0v) is 43.4. The van der Waals surface area contributed by atoms with Crippen molar-refractivity contribution in [2.24, 2.45) is 0 Å². The van der Waals surface area contributed by atoms with Crippen LogP contribution in [0.5, 0.6) is 0 Å². The molecule has 0 radical (unpaired) electrons. The molecule has 14 heteroatoms. The Hall–Kier alpha value is -13.0. The molecule has 0 fully saturated rings. The van der Waals surface area contributed by atoms with E-state index >= 15 is 13.2 Å². The minimum absolute atomic E-state index is 0.115. The van der Waals surface area contributed by atoms with E-state index in [1.165, 1.54) is 36.4 Å². The maximum absolute atomic E-state index is 15.3. The minimum Gasteiger partial charge on any atom is -0.309 e. The molecule has 10 aromatic carbocycles. The molecule has 386 valence electrons. The number of fused-ring (bicyclic) bond motifs is 6. The molecule has 0 unspecified atom stereocenters. The van der Waals surface area contributed by atoms with E-state index in [0.717, 1.165) is 12.1 Å². The van der Waals surface area contributed by atoms with E-state index in [1.54, 1.807) is 84.9 Å². The van der Waals surface area contributed by atoms with E-state index in [1.807, 2.05) is 57.7 Å². The highest BCUT2D eigenvalue weighted by molar-refractivity contribution is 6.14. The number of nitrogens with zero attached hydrogens (tertiary/aromatic N) is 11. The van der Waals surface area contributed by atoms with Gasteiger partial charge in [-0.1, -0.05) is 54.6 Å². The second-order valence-electron chi connectivity index (χ2n) is 19.6. The van der Waals surface area contributed by atoms with Crippen LogP contribution in [0.25, 0.3) is 111 Å². The summed E-state index contributed by atoms with van der Waals surface area (Å²) in [6.07, 6.45) is -4.83. The number of benzene rings is 10. The summed E-state index contributed by atoms with van der Waals surface area (Å²) >= 11 is 0. The Morgan fingerprint density at radius 1 is 0.262 bits per heavy atom. The topological polar surface area (TPSA) is 224 Å². The molecule has 0 aliphatic heterocycles. The number of nitriles is 9. The smallest absolute Gasteiger partial charge is 0.309 e. The van der Waals surface area contributed by atoms with Crippen molar-refractivity contribution in [1.82, 2.24) is 9.13 Å². The number of hydrogen-bond donors (Lipinski definition) is 0. The summed E-state index contributed by atoms with van der Waals surface area (Å²) in [5, 5.41) is 93.0. The Morgan fingerprint density at radius 2 is 0.560 bits per heavy atom. The monoisotopic (exact) mass is 1080 g/mol. The van der Waals surface area contributed by atoms with Crippen LogP contribution < -0.4 is 0 Å². The first-order valence-electron chi connectivity index (χ1n) is 25.6. The van der Waals surface area contributed by atoms with Crippen molar-refractivity contribution in [3.63, 3.8) is 0 Å². The minimum atomic E-state index is -4.83. The number of alkyl halides is 3. The fraction of sp³-hybridized carbons (Fsp3) is 0.0143. The van der Waals surface area contributed by atoms with Crippen LogP contribution in [-0.4, -0.2) is 9.13 Å². The Balaban J connectivity index is 1.16. The summed E-state index contributed by atoms with van der Waals surface area (Å²) in [5.74, 6) is 0. The van der Waals surface area contributed by atoms with Crippen molar-refractivity contribution in [3.05, 3.63) is 238 Å². The number of aromatic nitrogens is 2. The number of rotatable bonds is 7. The quantitative estimate of drug-likeness (QED) is 0.148. The second kappa shape index (κ2) is 20.3. The Morgan fingerprint density at radius 3 is 0.857 bits per heavy atom. The summed E-state index contributed by atoms with van der Waals surface area (Å²) in [6.45, 7) is 0. The third-order valence-corrected chi connectivity index (χ3v) is 15.1. The van der Waals surface area contributed by atoms with Gasteiger partial charge in [0.05, 0.1) is 144 Å². The third kappa shape index (κ3) is 8.57. The molecule has 11 nitrogen and oxygen atoms in total. The van der Waals surface area contributed by atoms with Crippen LogP contribution in [-0.2, 0) is 6.18 Å². The summed E-state index contributed by atoms with van der Waals surface area (Å²) in [6, 6.07) is 68.7. The average molecular weight is 1080 g/mol. The van der Waals surface area contributed by atoms with E-state index in [2.05, 4.69) is 54.6 Å². The highest BCUT2D eigenvalue weighted by Gasteiger charge is 2.33. The van der Waals surface area contributed by atoms with Crippen LogP contribution in [0.1, 0.15) is 55.6 Å². The first-order chi connectivity index (χ1) is 40.8. The van der Waals surface area contributed by atoms with Crippen LogP contribution in [0, 0.1) is 102 Å². The summed E-state index contributed by atoms with van der Waals surface area (Å²) < 4.78 is 49.7. The molecule has 0 amide bonds. The highest BCUT2D eigenvalue weighted by atomic mass is 19.4. The van der Waals surface area contributed by atoms with Crippen molar-refractivity contribution in [1.29, 1.82) is 47.4 Å². The van der Waals surface area contributed by atoms with Gasteiger partial charge in [0.1, 0.15) is 0 Å². The van der Waals surface area contributed by atoms with Crippen LogP contribution in [0.4, 0.5) is 13.2 Å². The molecule has 12 aromatic rings. The van der Waals surface area contributed by atoms with E-state index in [0.29, 0.717) is 99.5 Å². The normalized spacial score (nSPS) is 10.9. The molecule has 0 saturated heterocycles. The van der Waals surface area contributed by atoms with Gasteiger partial charge in [0.15, 0.2) is 0 Å². The summed E-state index contributed by atoms with van der Waals surface area (Å²) in [4.78, 5) is 0. The SMILES string of the molecule is N#Cc1ccc(-c2ccc3c(c2)c2cc(-c4ccc(C#N)cc4C#N)ccc2n3-c2ccc(C(F)(F)F)cc2-c2ccc(C#N)cc2-n2c3ccc(-c4ccc(C#N)cc4C#N)cc3c3cc(-c4ccc(C#N)cc4C#N)ccc32)c(C#N)c1. The summed E-state index contributed by atoms with van der Waals surface area (Å²) in [7, 11) is 0. The van der Waals surface area contributed by atoms with Gasteiger partial charge < -0.3 is 9.13 Å². The molecule has 0 saturated carbocycles. The molecule has 2 aromatic heterocycles. The fourth-order valence-electron chi connectivity index (χ4n) is 11.2. The Bertz CT molecular complexity index is 5060. The molecule has 0 aliphatic rings. The largest absolute Gasteiger partial charge is 0.416 e. The van der Waals surface area contributed by atoms with Crippen LogP contribution in [0.3, 0.4) is 0 Å². The maximum atomic E-state index is 15.3. The molecule has 0 atom stereocenters. The summed E-state index contributed by atoms with van der Waals surface area (Å²) in [5.41, 5.74) is 9.15. The average Bonchev–Trinajstić information content (AvgIpc) is 2.63. The molecule has 0 N–H and O–H groups in total. The van der Waals surface area contributed by atoms with Crippen LogP contribution in [0.15, 0.2) is 182 Å². The zero-order chi connectivity index (χ0) is 58.6. The predicted molar refractivity (Wildman–Crippen MR) is 310 cm³/mol. The lowest BCUT2D eigenvalue weighted by atomic mass is 9.95. The molecule has 0 spiro atoms. The van der Waals surface area contributed by atoms with Gasteiger partial charge in [-0.05, 0) is 172 Å². The highest BCUT2D eigenvalue weighted by Crippen LogP contribution is 2.46. The molecule has 0 bridgehead atoms. The molecular weight excluding hydrogens is 1050 g/mol. The first kappa shape index (κ1) is 51.7. The van der Waals surface area contributed by atoms with Gasteiger partial charge in [0.2, 0.25) is 0 Å². The van der Waals surface area contributed by atoms with Gasteiger partial charge in [-0.2, -0.15) is 60.5 Å². The van der Waals surface area contributed by atoms with Crippen molar-refractivity contribution in [2.75, 3.05) is 0 Å². The zero-order valence-electron chi connectivity index (χ0n) is 43.4. The van der Waals surface area contributed by atoms with Crippen molar-refractivity contribution in [3.8, 4) is 122 Å². The lowest BCUT2D eigenvalue weighted by Crippen LogP contribution is -2.08. The van der Waals surface area contributed by atoms with Crippen molar-refractivity contribution < 1.29 is 13.2 Å². The third-order valence-electron chi connectivity index (χ3n) is 15.1. The van der Waals surface area contributed by atoms with E-state index < -0.39 is 11.7 Å². The van der Waals surface area contributed by atoms with Crippen LogP contribution in [0.2, 0.25) is 0 Å².